The second-order valence-corrected chi connectivity index (χ2v) is 8.69. The molecule has 0 saturated heterocycles. The SMILES string of the molecule is C=C(C)[C@@H]1CCC(C(=O)O)=C=C[C@H](C(=C)C)c2cc(C(=O)OC(C)(C)C)c(o2)C1. The molecule has 0 aliphatic carbocycles. The number of rotatable bonds is 4. The maximum Gasteiger partial charge on any atom is 0.342 e. The number of esters is 1. The molecular weight excluding hydrogens is 368 g/mol. The third-order valence-corrected chi connectivity index (χ3v) is 4.84. The van der Waals surface area contributed by atoms with Gasteiger partial charge in [-0.05, 0) is 65.5 Å². The fourth-order valence-corrected chi connectivity index (χ4v) is 3.22. The molecule has 5 heteroatoms. The second-order valence-electron chi connectivity index (χ2n) is 8.69. The number of aliphatic carboxylic acids is 1. The van der Waals surface area contributed by atoms with Gasteiger partial charge in [-0.15, -0.1) is 5.73 Å². The topological polar surface area (TPSA) is 76.7 Å². The minimum Gasteiger partial charge on any atom is -0.477 e. The van der Waals surface area contributed by atoms with Gasteiger partial charge < -0.3 is 14.3 Å². The Morgan fingerprint density at radius 3 is 2.41 bits per heavy atom. The summed E-state index contributed by atoms with van der Waals surface area (Å²) in [6.45, 7) is 17.2. The van der Waals surface area contributed by atoms with Crippen molar-refractivity contribution in [1.29, 1.82) is 0 Å². The molecule has 1 aliphatic rings. The number of ether oxygens (including phenoxy) is 1. The summed E-state index contributed by atoms with van der Waals surface area (Å²) in [4.78, 5) is 24.4. The van der Waals surface area contributed by atoms with Crippen LogP contribution in [-0.4, -0.2) is 22.6 Å². The smallest absolute Gasteiger partial charge is 0.342 e. The number of carboxylic acid groups (broad SMARTS) is 1. The molecule has 5 nitrogen and oxygen atoms in total. The molecule has 2 bridgehead atoms. The zero-order chi connectivity index (χ0) is 21.9. The van der Waals surface area contributed by atoms with Crippen molar-refractivity contribution in [2.75, 3.05) is 0 Å². The molecule has 1 aromatic rings. The van der Waals surface area contributed by atoms with Crippen LogP contribution in [0.15, 0.2) is 52.2 Å². The van der Waals surface area contributed by atoms with Crippen LogP contribution >= 0.6 is 0 Å². The lowest BCUT2D eigenvalue weighted by molar-refractivity contribution is -0.132. The van der Waals surface area contributed by atoms with E-state index in [9.17, 15) is 14.7 Å². The van der Waals surface area contributed by atoms with Crippen LogP contribution in [0.5, 0.6) is 0 Å². The van der Waals surface area contributed by atoms with E-state index in [2.05, 4.69) is 18.9 Å². The van der Waals surface area contributed by atoms with Crippen LogP contribution in [0.25, 0.3) is 0 Å². The summed E-state index contributed by atoms with van der Waals surface area (Å²) in [5.41, 5.74) is 4.56. The Morgan fingerprint density at radius 2 is 1.90 bits per heavy atom. The van der Waals surface area contributed by atoms with Gasteiger partial charge in [-0.25, -0.2) is 9.59 Å². The zero-order valence-corrected chi connectivity index (χ0v) is 17.9. The number of hydrogen-bond acceptors (Lipinski definition) is 4. The molecule has 29 heavy (non-hydrogen) atoms. The highest BCUT2D eigenvalue weighted by molar-refractivity contribution is 5.91. The van der Waals surface area contributed by atoms with Crippen molar-refractivity contribution in [2.24, 2.45) is 5.92 Å². The summed E-state index contributed by atoms with van der Waals surface area (Å²) >= 11 is 0. The van der Waals surface area contributed by atoms with Crippen molar-refractivity contribution >= 4 is 11.9 Å². The van der Waals surface area contributed by atoms with E-state index in [0.29, 0.717) is 36.3 Å². The van der Waals surface area contributed by atoms with Crippen LogP contribution in [0.3, 0.4) is 0 Å². The summed E-state index contributed by atoms with van der Waals surface area (Å²) in [6.07, 6.45) is 3.01. The minimum atomic E-state index is -0.991. The third-order valence-electron chi connectivity index (χ3n) is 4.84. The van der Waals surface area contributed by atoms with Crippen molar-refractivity contribution in [3.63, 3.8) is 0 Å². The Balaban J connectivity index is 2.64. The van der Waals surface area contributed by atoms with Crippen molar-refractivity contribution < 1.29 is 23.8 Å². The van der Waals surface area contributed by atoms with Crippen LogP contribution in [0, 0.1) is 5.92 Å². The van der Waals surface area contributed by atoms with Gasteiger partial charge in [0.25, 0.3) is 0 Å². The maximum atomic E-state index is 12.8. The molecule has 1 N–H and O–H groups in total. The van der Waals surface area contributed by atoms with Crippen LogP contribution in [0.4, 0.5) is 0 Å². The van der Waals surface area contributed by atoms with Gasteiger partial charge in [0.15, 0.2) is 0 Å². The molecular formula is C24H30O5. The zero-order valence-electron chi connectivity index (χ0n) is 17.9. The standard InChI is InChI=1S/C24H30O5/c1-14(2)17-9-8-16(22(25)26)10-11-18(15(3)4)21-13-19(20(12-17)28-21)23(27)29-24(5,6)7/h11,13,17-18H,1,3,8-9,12H2,2,4-7H3,(H,25,26)/t10?,17-,18-/m1/s1. The molecule has 0 unspecified atom stereocenters. The van der Waals surface area contributed by atoms with Crippen molar-refractivity contribution in [3.05, 3.63) is 64.8 Å². The summed E-state index contributed by atoms with van der Waals surface area (Å²) in [5.74, 6) is -0.802. The molecule has 0 spiro atoms. The minimum absolute atomic E-state index is 0.0345. The molecule has 0 fully saturated rings. The number of carbonyl (C=O) groups is 2. The molecule has 0 aromatic carbocycles. The van der Waals surface area contributed by atoms with E-state index < -0.39 is 17.5 Å². The first-order chi connectivity index (χ1) is 13.4. The van der Waals surface area contributed by atoms with Crippen LogP contribution in [-0.2, 0) is 16.0 Å². The Hall–Kier alpha value is -2.78. The summed E-state index contributed by atoms with van der Waals surface area (Å²) in [7, 11) is 0. The highest BCUT2D eigenvalue weighted by Crippen LogP contribution is 2.34. The molecule has 156 valence electrons. The van der Waals surface area contributed by atoms with Gasteiger partial charge in [0.05, 0.1) is 11.5 Å². The van der Waals surface area contributed by atoms with Gasteiger partial charge in [0, 0.05) is 6.42 Å². The van der Waals surface area contributed by atoms with Crippen molar-refractivity contribution in [1.82, 2.24) is 0 Å². The molecule has 0 radical (unpaired) electrons. The number of furan rings is 1. The van der Waals surface area contributed by atoms with Gasteiger partial charge in [-0.2, -0.15) is 0 Å². The molecule has 2 atom stereocenters. The Morgan fingerprint density at radius 1 is 1.24 bits per heavy atom. The largest absolute Gasteiger partial charge is 0.477 e. The molecule has 2 heterocycles. The van der Waals surface area contributed by atoms with Crippen LogP contribution in [0.1, 0.15) is 75.3 Å². The average molecular weight is 398 g/mol. The monoisotopic (exact) mass is 398 g/mol. The average Bonchev–Trinajstić information content (AvgIpc) is 2.95. The highest BCUT2D eigenvalue weighted by Gasteiger charge is 2.28. The summed E-state index contributed by atoms with van der Waals surface area (Å²) in [5, 5.41) is 9.51. The normalized spacial score (nSPS) is 19.7. The summed E-state index contributed by atoms with van der Waals surface area (Å²) < 4.78 is 11.7. The van der Waals surface area contributed by atoms with E-state index >= 15 is 0 Å². The highest BCUT2D eigenvalue weighted by atomic mass is 16.6. The van der Waals surface area contributed by atoms with Crippen molar-refractivity contribution in [2.45, 2.75) is 65.4 Å². The second kappa shape index (κ2) is 8.71. The van der Waals surface area contributed by atoms with Crippen molar-refractivity contribution in [3.8, 4) is 0 Å². The Kier molecular flexibility index (Phi) is 6.76. The number of allylic oxidation sites excluding steroid dienone is 2. The van der Waals surface area contributed by atoms with E-state index in [4.69, 9.17) is 9.15 Å². The van der Waals surface area contributed by atoms with Gasteiger partial charge in [0.1, 0.15) is 22.7 Å². The fraction of sp³-hybridized carbons (Fsp3) is 0.458. The van der Waals surface area contributed by atoms with E-state index in [-0.39, 0.29) is 17.4 Å². The Bertz CT molecular complexity index is 900. The van der Waals surface area contributed by atoms with E-state index in [1.807, 2.05) is 34.6 Å². The fourth-order valence-electron chi connectivity index (χ4n) is 3.22. The molecule has 0 amide bonds. The quantitative estimate of drug-likeness (QED) is 0.406. The van der Waals surface area contributed by atoms with Gasteiger partial charge >= 0.3 is 11.9 Å². The lowest BCUT2D eigenvalue weighted by Crippen LogP contribution is -2.24. The third kappa shape index (κ3) is 5.85. The predicted molar refractivity (Wildman–Crippen MR) is 112 cm³/mol. The first-order valence-electron chi connectivity index (χ1n) is 9.74. The Labute approximate surface area is 172 Å². The lowest BCUT2D eigenvalue weighted by Gasteiger charge is -2.20. The van der Waals surface area contributed by atoms with Crippen LogP contribution < -0.4 is 0 Å². The molecule has 0 saturated carbocycles. The first-order valence-corrected chi connectivity index (χ1v) is 9.74. The maximum absolute atomic E-state index is 12.8. The van der Waals surface area contributed by atoms with Gasteiger partial charge in [-0.1, -0.05) is 24.3 Å². The van der Waals surface area contributed by atoms with Crippen LogP contribution in [0.2, 0.25) is 0 Å². The predicted octanol–water partition coefficient (Wildman–Crippen LogP) is 5.59. The number of carbonyl (C=O) groups excluding carboxylic acids is 1. The number of fused-ring (bicyclic) bond motifs is 2. The number of hydrogen-bond donors (Lipinski definition) is 1. The first kappa shape index (κ1) is 22.5. The molecule has 1 aliphatic heterocycles. The lowest BCUT2D eigenvalue weighted by atomic mass is 9.89. The number of carboxylic acids is 1. The van der Waals surface area contributed by atoms with Gasteiger partial charge in [-0.3, -0.25) is 0 Å². The van der Waals surface area contributed by atoms with Gasteiger partial charge in [0.2, 0.25) is 0 Å². The van der Waals surface area contributed by atoms with E-state index in [0.717, 1.165) is 11.1 Å². The molecule has 1 aromatic heterocycles. The molecule has 2 rings (SSSR count). The van der Waals surface area contributed by atoms with E-state index in [1.54, 1.807) is 12.1 Å². The van der Waals surface area contributed by atoms with E-state index in [1.165, 1.54) is 0 Å². The summed E-state index contributed by atoms with van der Waals surface area (Å²) in [6, 6.07) is 1.68.